The molecule has 0 atom stereocenters. The van der Waals surface area contributed by atoms with E-state index in [1.54, 1.807) is 12.4 Å². The van der Waals surface area contributed by atoms with E-state index in [-0.39, 0.29) is 11.8 Å². The van der Waals surface area contributed by atoms with Gasteiger partial charge in [-0.3, -0.25) is 19.6 Å². The van der Waals surface area contributed by atoms with Crippen molar-refractivity contribution in [2.45, 2.75) is 58.8 Å². The van der Waals surface area contributed by atoms with Crippen molar-refractivity contribution in [3.05, 3.63) is 66.6 Å². The minimum atomic E-state index is -1.12. The quantitative estimate of drug-likeness (QED) is 0.370. The second-order valence-corrected chi connectivity index (χ2v) is 8.45. The summed E-state index contributed by atoms with van der Waals surface area (Å²) < 4.78 is 0. The van der Waals surface area contributed by atoms with Crippen LogP contribution in [0.4, 0.5) is 5.69 Å². The lowest BCUT2D eigenvalue weighted by atomic mass is 9.76. The van der Waals surface area contributed by atoms with Gasteiger partial charge in [0.2, 0.25) is 11.8 Å². The normalized spacial score (nSPS) is 11.3. The van der Waals surface area contributed by atoms with Gasteiger partial charge in [0.05, 0.1) is 11.2 Å². The summed E-state index contributed by atoms with van der Waals surface area (Å²) >= 11 is 0. The molecule has 6 heteroatoms. The van der Waals surface area contributed by atoms with Crippen LogP contribution in [0.25, 0.3) is 10.9 Å². The van der Waals surface area contributed by atoms with Crippen LogP contribution in [0.2, 0.25) is 0 Å². The lowest BCUT2D eigenvalue weighted by Crippen LogP contribution is -2.49. The van der Waals surface area contributed by atoms with E-state index in [0.717, 1.165) is 42.3 Å². The van der Waals surface area contributed by atoms with Crippen molar-refractivity contribution in [1.82, 2.24) is 15.3 Å². The number of carbonyl (C=O) groups excluding carboxylic acids is 2. The first-order chi connectivity index (χ1) is 16.1. The van der Waals surface area contributed by atoms with Gasteiger partial charge in [-0.1, -0.05) is 63.8 Å². The van der Waals surface area contributed by atoms with Crippen LogP contribution >= 0.6 is 0 Å². The third kappa shape index (κ3) is 6.15. The molecular weight excluding hydrogens is 412 g/mol. The molecule has 3 rings (SSSR count). The Kier molecular flexibility index (Phi) is 8.93. The number of benzene rings is 1. The van der Waals surface area contributed by atoms with Crippen LogP contribution in [-0.2, 0) is 16.0 Å². The molecule has 3 aromatic rings. The molecule has 2 aromatic heterocycles. The molecule has 0 aliphatic rings. The number of unbranched alkanes of at least 4 members (excludes halogenated alkanes) is 2. The average molecular weight is 447 g/mol. The zero-order chi connectivity index (χ0) is 23.5. The molecule has 174 valence electrons. The smallest absolute Gasteiger partial charge is 0.240 e. The fourth-order valence-electron chi connectivity index (χ4n) is 4.11. The van der Waals surface area contributed by atoms with E-state index in [0.29, 0.717) is 31.5 Å². The predicted octanol–water partition coefficient (Wildman–Crippen LogP) is 5.29. The fourth-order valence-corrected chi connectivity index (χ4v) is 4.11. The van der Waals surface area contributed by atoms with Gasteiger partial charge in [-0.15, -0.1) is 0 Å². The van der Waals surface area contributed by atoms with Gasteiger partial charge in [-0.05, 0) is 37.1 Å². The molecular formula is C27H34N4O2. The minimum Gasteiger partial charge on any atom is -0.355 e. The number of aromatic nitrogens is 2. The molecule has 0 aliphatic carbocycles. The van der Waals surface area contributed by atoms with Gasteiger partial charge < -0.3 is 10.6 Å². The van der Waals surface area contributed by atoms with Gasteiger partial charge in [-0.25, -0.2) is 0 Å². The zero-order valence-corrected chi connectivity index (χ0v) is 19.6. The number of pyridine rings is 2. The van der Waals surface area contributed by atoms with Crippen molar-refractivity contribution in [1.29, 1.82) is 0 Å². The van der Waals surface area contributed by atoms with Gasteiger partial charge in [0, 0.05) is 36.4 Å². The van der Waals surface area contributed by atoms with Crippen LogP contribution in [0.5, 0.6) is 0 Å². The number of fused-ring (bicyclic) bond motifs is 1. The van der Waals surface area contributed by atoms with Crippen LogP contribution < -0.4 is 10.6 Å². The number of rotatable bonds is 12. The highest BCUT2D eigenvalue weighted by Gasteiger charge is 2.44. The summed E-state index contributed by atoms with van der Waals surface area (Å²) in [6.07, 6.45) is 8.55. The molecule has 33 heavy (non-hydrogen) atoms. The number of hydrogen-bond acceptors (Lipinski definition) is 4. The lowest BCUT2D eigenvalue weighted by Gasteiger charge is -2.31. The lowest BCUT2D eigenvalue weighted by molar-refractivity contribution is -0.142. The van der Waals surface area contributed by atoms with Crippen LogP contribution in [-0.4, -0.2) is 28.3 Å². The van der Waals surface area contributed by atoms with Crippen molar-refractivity contribution in [2.75, 3.05) is 11.9 Å². The Balaban J connectivity index is 1.84. The molecule has 6 nitrogen and oxygen atoms in total. The summed E-state index contributed by atoms with van der Waals surface area (Å²) in [5.41, 5.74) is 1.16. The number of nitrogens with one attached hydrogen (secondary N) is 2. The maximum absolute atomic E-state index is 13.8. The Morgan fingerprint density at radius 2 is 1.58 bits per heavy atom. The first-order valence-corrected chi connectivity index (χ1v) is 11.9. The summed E-state index contributed by atoms with van der Waals surface area (Å²) in [4.78, 5) is 36.1. The molecule has 0 radical (unpaired) electrons. The highest BCUT2D eigenvalue weighted by atomic mass is 16.2. The summed E-state index contributed by atoms with van der Waals surface area (Å²) in [6, 6.07) is 15.3. The van der Waals surface area contributed by atoms with Gasteiger partial charge in [0.15, 0.2) is 0 Å². The molecule has 0 unspecified atom stereocenters. The highest BCUT2D eigenvalue weighted by molar-refractivity contribution is 6.12. The maximum Gasteiger partial charge on any atom is 0.240 e. The Labute approximate surface area is 196 Å². The Morgan fingerprint density at radius 1 is 0.848 bits per heavy atom. The van der Waals surface area contributed by atoms with Crippen molar-refractivity contribution < 1.29 is 9.59 Å². The number of carbonyl (C=O) groups is 2. The minimum absolute atomic E-state index is 0.203. The first-order valence-electron chi connectivity index (χ1n) is 11.9. The molecule has 1 aromatic carbocycles. The topological polar surface area (TPSA) is 84.0 Å². The van der Waals surface area contributed by atoms with Gasteiger partial charge >= 0.3 is 0 Å². The predicted molar refractivity (Wildman–Crippen MR) is 133 cm³/mol. The van der Waals surface area contributed by atoms with Crippen LogP contribution in [0, 0.1) is 5.41 Å². The summed E-state index contributed by atoms with van der Waals surface area (Å²) in [5, 5.41) is 7.04. The van der Waals surface area contributed by atoms with Gasteiger partial charge in [-0.2, -0.15) is 0 Å². The fraction of sp³-hybridized carbons (Fsp3) is 0.407. The number of anilines is 1. The van der Waals surface area contributed by atoms with Crippen molar-refractivity contribution in [3.8, 4) is 0 Å². The Hall–Kier alpha value is -3.28. The van der Waals surface area contributed by atoms with Crippen molar-refractivity contribution in [3.63, 3.8) is 0 Å². The second kappa shape index (κ2) is 12.1. The molecule has 0 spiro atoms. The molecule has 0 saturated heterocycles. The van der Waals surface area contributed by atoms with Gasteiger partial charge in [0.25, 0.3) is 0 Å². The highest BCUT2D eigenvalue weighted by Crippen LogP contribution is 2.34. The van der Waals surface area contributed by atoms with E-state index in [4.69, 9.17) is 0 Å². The average Bonchev–Trinajstić information content (AvgIpc) is 2.85. The second-order valence-electron chi connectivity index (χ2n) is 8.45. The number of para-hydroxylation sites is 1. The number of amides is 2. The summed E-state index contributed by atoms with van der Waals surface area (Å²) in [5.74, 6) is -0.455. The van der Waals surface area contributed by atoms with E-state index in [1.165, 1.54) is 0 Å². The largest absolute Gasteiger partial charge is 0.355 e. The van der Waals surface area contributed by atoms with Crippen molar-refractivity contribution >= 4 is 28.4 Å². The molecule has 2 N–H and O–H groups in total. The van der Waals surface area contributed by atoms with Crippen LogP contribution in [0.3, 0.4) is 0 Å². The number of nitrogens with zero attached hydrogens (tertiary/aromatic N) is 2. The van der Waals surface area contributed by atoms with Crippen LogP contribution in [0.1, 0.15) is 58.1 Å². The maximum atomic E-state index is 13.8. The third-order valence-electron chi connectivity index (χ3n) is 6.06. The van der Waals surface area contributed by atoms with Crippen molar-refractivity contribution in [2.24, 2.45) is 5.41 Å². The molecule has 2 amide bonds. The first kappa shape index (κ1) is 24.4. The van der Waals surface area contributed by atoms with E-state index in [1.807, 2.05) is 48.5 Å². The molecule has 2 heterocycles. The van der Waals surface area contributed by atoms with E-state index >= 15 is 0 Å². The monoisotopic (exact) mass is 446 g/mol. The van der Waals surface area contributed by atoms with E-state index < -0.39 is 5.41 Å². The molecule has 0 aliphatic heterocycles. The molecule has 0 saturated carbocycles. The SMILES string of the molecule is CCCCC(CCCC)(C(=O)NCCc1ccccn1)C(=O)Nc1cccc2cccnc12. The Bertz CT molecular complexity index is 1040. The zero-order valence-electron chi connectivity index (χ0n) is 19.6. The van der Waals surface area contributed by atoms with Gasteiger partial charge in [0.1, 0.15) is 5.41 Å². The summed E-state index contributed by atoms with van der Waals surface area (Å²) in [7, 11) is 0. The molecule has 0 bridgehead atoms. The van der Waals surface area contributed by atoms with E-state index in [9.17, 15) is 9.59 Å². The molecule has 0 fully saturated rings. The Morgan fingerprint density at radius 3 is 2.27 bits per heavy atom. The standard InChI is InChI=1S/C27H34N4O2/c1-3-5-16-27(17-6-4-2,25(32)30-20-15-22-13-7-8-18-28-22)26(33)31-23-14-9-11-21-12-10-19-29-24(21)23/h7-14,18-19H,3-6,15-17,20H2,1-2H3,(H,30,32)(H,31,33). The van der Waals surface area contributed by atoms with Crippen LogP contribution in [0.15, 0.2) is 60.9 Å². The number of hydrogen-bond donors (Lipinski definition) is 2. The summed E-state index contributed by atoms with van der Waals surface area (Å²) in [6.45, 7) is 4.60. The third-order valence-corrected chi connectivity index (χ3v) is 6.06. The van der Waals surface area contributed by atoms with E-state index in [2.05, 4.69) is 34.4 Å².